The third-order valence-electron chi connectivity index (χ3n) is 1.92. The van der Waals surface area contributed by atoms with Crippen molar-refractivity contribution in [2.24, 2.45) is 0 Å². The van der Waals surface area contributed by atoms with E-state index in [1.807, 2.05) is 19.1 Å². The van der Waals surface area contributed by atoms with E-state index in [9.17, 15) is 5.11 Å². The number of aliphatic hydroxyl groups is 1. The van der Waals surface area contributed by atoms with Crippen molar-refractivity contribution in [2.45, 2.75) is 13.0 Å². The summed E-state index contributed by atoms with van der Waals surface area (Å²) in [7, 11) is 1.56. The molecule has 0 spiro atoms. The number of hydrogen-bond acceptors (Lipinski definition) is 2. The summed E-state index contributed by atoms with van der Waals surface area (Å²) in [5, 5.41) is 10.3. The number of rotatable bonds is 3. The summed E-state index contributed by atoms with van der Waals surface area (Å²) in [5.41, 5.74) is 1.85. The Morgan fingerprint density at radius 3 is 2.77 bits per heavy atom. The van der Waals surface area contributed by atoms with Gasteiger partial charge < -0.3 is 9.84 Å². The van der Waals surface area contributed by atoms with Crippen molar-refractivity contribution in [3.8, 4) is 0 Å². The summed E-state index contributed by atoms with van der Waals surface area (Å²) in [5.74, 6) is 0. The number of halogens is 1. The predicted octanol–water partition coefficient (Wildman–Crippen LogP) is 2.33. The highest BCUT2D eigenvalue weighted by atomic mass is 35.5. The van der Waals surface area contributed by atoms with Crippen LogP contribution in [-0.4, -0.2) is 18.8 Å². The standard InChI is InChI=1S/C10H13ClO2/c1-7-5-8(11)3-4-9(7)10(12)6-13-2/h3-5,10,12H,6H2,1-2H3. The highest BCUT2D eigenvalue weighted by molar-refractivity contribution is 6.30. The van der Waals surface area contributed by atoms with Crippen LogP contribution in [0.25, 0.3) is 0 Å². The smallest absolute Gasteiger partial charge is 0.103 e. The topological polar surface area (TPSA) is 29.5 Å². The van der Waals surface area contributed by atoms with Crippen LogP contribution in [0, 0.1) is 6.92 Å². The molecule has 72 valence electrons. The normalized spacial score (nSPS) is 12.9. The molecule has 0 amide bonds. The average Bonchev–Trinajstić information content (AvgIpc) is 2.04. The summed E-state index contributed by atoms with van der Waals surface area (Å²) >= 11 is 5.79. The molecule has 1 rings (SSSR count). The van der Waals surface area contributed by atoms with E-state index in [1.54, 1.807) is 13.2 Å². The monoisotopic (exact) mass is 200 g/mol. The lowest BCUT2D eigenvalue weighted by Crippen LogP contribution is -2.06. The maximum absolute atomic E-state index is 9.62. The summed E-state index contributed by atoms with van der Waals surface area (Å²) in [6.45, 7) is 2.22. The number of methoxy groups -OCH3 is 1. The summed E-state index contributed by atoms with van der Waals surface area (Å²) < 4.78 is 4.86. The number of aliphatic hydroxyl groups excluding tert-OH is 1. The molecule has 1 aromatic rings. The molecular formula is C10H13ClO2. The molecule has 0 aliphatic rings. The van der Waals surface area contributed by atoms with Crippen LogP contribution in [0.5, 0.6) is 0 Å². The van der Waals surface area contributed by atoms with Crippen molar-refractivity contribution < 1.29 is 9.84 Å². The quantitative estimate of drug-likeness (QED) is 0.812. The van der Waals surface area contributed by atoms with Gasteiger partial charge in [0.1, 0.15) is 6.10 Å². The molecule has 0 saturated heterocycles. The van der Waals surface area contributed by atoms with E-state index in [1.165, 1.54) is 0 Å². The van der Waals surface area contributed by atoms with Crippen molar-refractivity contribution in [1.82, 2.24) is 0 Å². The Balaban J connectivity index is 2.88. The van der Waals surface area contributed by atoms with Crippen LogP contribution in [0.2, 0.25) is 5.02 Å². The number of ether oxygens (including phenoxy) is 1. The number of aryl methyl sites for hydroxylation is 1. The van der Waals surface area contributed by atoms with Gasteiger partial charge in [0.15, 0.2) is 0 Å². The minimum Gasteiger partial charge on any atom is -0.386 e. The summed E-state index contributed by atoms with van der Waals surface area (Å²) in [6.07, 6.45) is -0.567. The SMILES string of the molecule is COCC(O)c1ccc(Cl)cc1C. The second kappa shape index (κ2) is 4.61. The first-order valence-corrected chi connectivity index (χ1v) is 4.46. The Bertz CT molecular complexity index is 286. The van der Waals surface area contributed by atoms with Crippen LogP contribution >= 0.6 is 11.6 Å². The van der Waals surface area contributed by atoms with Gasteiger partial charge in [-0.2, -0.15) is 0 Å². The molecule has 0 heterocycles. The van der Waals surface area contributed by atoms with Gasteiger partial charge in [-0.1, -0.05) is 17.7 Å². The van der Waals surface area contributed by atoms with Gasteiger partial charge in [-0.3, -0.25) is 0 Å². The maximum atomic E-state index is 9.62. The second-order valence-electron chi connectivity index (χ2n) is 2.97. The predicted molar refractivity (Wildman–Crippen MR) is 53.0 cm³/mol. The molecule has 0 aliphatic heterocycles. The summed E-state index contributed by atoms with van der Waals surface area (Å²) in [6, 6.07) is 5.42. The molecule has 13 heavy (non-hydrogen) atoms. The fourth-order valence-electron chi connectivity index (χ4n) is 1.26. The molecule has 0 fully saturated rings. The van der Waals surface area contributed by atoms with Crippen molar-refractivity contribution in [1.29, 1.82) is 0 Å². The lowest BCUT2D eigenvalue weighted by molar-refractivity contribution is 0.0640. The van der Waals surface area contributed by atoms with Gasteiger partial charge in [0.05, 0.1) is 6.61 Å². The van der Waals surface area contributed by atoms with E-state index in [0.717, 1.165) is 11.1 Å². The molecule has 0 saturated carbocycles. The van der Waals surface area contributed by atoms with E-state index >= 15 is 0 Å². The van der Waals surface area contributed by atoms with Gasteiger partial charge in [-0.05, 0) is 30.2 Å². The molecule has 0 bridgehead atoms. The lowest BCUT2D eigenvalue weighted by atomic mass is 10.0. The lowest BCUT2D eigenvalue weighted by Gasteiger charge is -2.12. The van der Waals surface area contributed by atoms with E-state index in [-0.39, 0.29) is 0 Å². The fourth-order valence-corrected chi connectivity index (χ4v) is 1.49. The van der Waals surface area contributed by atoms with Crippen molar-refractivity contribution in [3.63, 3.8) is 0 Å². The highest BCUT2D eigenvalue weighted by Crippen LogP contribution is 2.21. The van der Waals surface area contributed by atoms with E-state index in [0.29, 0.717) is 11.6 Å². The molecule has 1 atom stereocenters. The zero-order chi connectivity index (χ0) is 9.84. The molecular weight excluding hydrogens is 188 g/mol. The molecule has 0 radical (unpaired) electrons. The Labute approximate surface area is 83.1 Å². The van der Waals surface area contributed by atoms with Crippen molar-refractivity contribution in [2.75, 3.05) is 13.7 Å². The molecule has 2 nitrogen and oxygen atoms in total. The average molecular weight is 201 g/mol. The molecule has 1 N–H and O–H groups in total. The van der Waals surface area contributed by atoms with Crippen LogP contribution in [0.4, 0.5) is 0 Å². The zero-order valence-electron chi connectivity index (χ0n) is 7.75. The van der Waals surface area contributed by atoms with Gasteiger partial charge in [0, 0.05) is 12.1 Å². The van der Waals surface area contributed by atoms with Crippen LogP contribution in [-0.2, 0) is 4.74 Å². The van der Waals surface area contributed by atoms with Crippen LogP contribution in [0.15, 0.2) is 18.2 Å². The third kappa shape index (κ3) is 2.69. The van der Waals surface area contributed by atoms with Crippen molar-refractivity contribution >= 4 is 11.6 Å². The van der Waals surface area contributed by atoms with Crippen LogP contribution in [0.1, 0.15) is 17.2 Å². The number of hydrogen-bond donors (Lipinski definition) is 1. The Kier molecular flexibility index (Phi) is 3.72. The van der Waals surface area contributed by atoms with Gasteiger partial charge in [0.2, 0.25) is 0 Å². The van der Waals surface area contributed by atoms with Gasteiger partial charge in [-0.25, -0.2) is 0 Å². The molecule has 0 aliphatic carbocycles. The van der Waals surface area contributed by atoms with E-state index < -0.39 is 6.10 Å². The fraction of sp³-hybridized carbons (Fsp3) is 0.400. The minimum absolute atomic E-state index is 0.308. The second-order valence-corrected chi connectivity index (χ2v) is 3.41. The molecule has 0 aromatic heterocycles. The van der Waals surface area contributed by atoms with E-state index in [4.69, 9.17) is 16.3 Å². The third-order valence-corrected chi connectivity index (χ3v) is 2.15. The molecule has 3 heteroatoms. The van der Waals surface area contributed by atoms with Gasteiger partial charge in [-0.15, -0.1) is 0 Å². The van der Waals surface area contributed by atoms with Crippen LogP contribution < -0.4 is 0 Å². The molecule has 1 aromatic carbocycles. The maximum Gasteiger partial charge on any atom is 0.103 e. The Morgan fingerprint density at radius 1 is 1.54 bits per heavy atom. The first kappa shape index (κ1) is 10.5. The minimum atomic E-state index is -0.567. The number of benzene rings is 1. The van der Waals surface area contributed by atoms with Gasteiger partial charge in [0.25, 0.3) is 0 Å². The summed E-state index contributed by atoms with van der Waals surface area (Å²) in [4.78, 5) is 0. The highest BCUT2D eigenvalue weighted by Gasteiger charge is 2.09. The zero-order valence-corrected chi connectivity index (χ0v) is 8.51. The van der Waals surface area contributed by atoms with Crippen molar-refractivity contribution in [3.05, 3.63) is 34.3 Å². The van der Waals surface area contributed by atoms with Gasteiger partial charge >= 0.3 is 0 Å². The van der Waals surface area contributed by atoms with Crippen LogP contribution in [0.3, 0.4) is 0 Å². The van der Waals surface area contributed by atoms with E-state index in [2.05, 4.69) is 0 Å². The largest absolute Gasteiger partial charge is 0.386 e. The molecule has 1 unspecified atom stereocenters. The first-order valence-electron chi connectivity index (χ1n) is 4.08. The Morgan fingerprint density at radius 2 is 2.23 bits per heavy atom. The Hall–Kier alpha value is -0.570. The first-order chi connectivity index (χ1) is 6.15.